The molecule has 1 aromatic carbocycles. The predicted molar refractivity (Wildman–Crippen MR) is 97.0 cm³/mol. The van der Waals surface area contributed by atoms with Crippen LogP contribution in [0.4, 0.5) is 0 Å². The Kier molecular flexibility index (Phi) is 6.15. The zero-order valence-electron chi connectivity index (χ0n) is 15.3. The quantitative estimate of drug-likeness (QED) is 0.842. The van der Waals surface area contributed by atoms with Gasteiger partial charge in [0, 0.05) is 39.3 Å². The van der Waals surface area contributed by atoms with Crippen molar-refractivity contribution in [2.45, 2.75) is 20.4 Å². The molecule has 1 fully saturated rings. The maximum Gasteiger partial charge on any atom is 0.234 e. The first-order valence-corrected chi connectivity index (χ1v) is 9.20. The second-order valence-corrected chi connectivity index (χ2v) is 7.23. The number of amides is 1. The molecule has 0 aromatic heterocycles. The van der Waals surface area contributed by atoms with Crippen molar-refractivity contribution >= 4 is 5.91 Å². The van der Waals surface area contributed by atoms with E-state index in [1.165, 1.54) is 5.56 Å². The molecule has 0 aliphatic carbocycles. The maximum atomic E-state index is 11.9. The molecule has 25 heavy (non-hydrogen) atoms. The van der Waals surface area contributed by atoms with Crippen LogP contribution in [0.2, 0.25) is 0 Å². The first-order valence-electron chi connectivity index (χ1n) is 9.20. The normalized spacial score (nSPS) is 18.4. The second-order valence-electron chi connectivity index (χ2n) is 7.23. The van der Waals surface area contributed by atoms with Crippen molar-refractivity contribution in [2.24, 2.45) is 5.92 Å². The van der Waals surface area contributed by atoms with Crippen molar-refractivity contribution in [1.29, 1.82) is 0 Å². The van der Waals surface area contributed by atoms with Crippen molar-refractivity contribution in [3.8, 4) is 11.5 Å². The van der Waals surface area contributed by atoms with E-state index in [0.29, 0.717) is 25.7 Å². The van der Waals surface area contributed by atoms with E-state index in [1.54, 1.807) is 0 Å². The van der Waals surface area contributed by atoms with Crippen LogP contribution in [0.1, 0.15) is 19.4 Å². The van der Waals surface area contributed by atoms with Gasteiger partial charge in [0.05, 0.1) is 6.54 Å². The summed E-state index contributed by atoms with van der Waals surface area (Å²) in [5.41, 5.74) is 1.24. The molecule has 1 amide bonds. The Balaban J connectivity index is 1.42. The van der Waals surface area contributed by atoms with Gasteiger partial charge >= 0.3 is 0 Å². The zero-order chi connectivity index (χ0) is 17.6. The van der Waals surface area contributed by atoms with E-state index in [0.717, 1.165) is 50.8 Å². The SMILES string of the molecule is CC(C)CNC(=O)CN1CCN(Cc2ccc3c(c2)OCCO3)CC1. The van der Waals surface area contributed by atoms with E-state index >= 15 is 0 Å². The van der Waals surface area contributed by atoms with Crippen molar-refractivity contribution < 1.29 is 14.3 Å². The number of nitrogens with one attached hydrogen (secondary N) is 1. The van der Waals surface area contributed by atoms with Crippen LogP contribution < -0.4 is 14.8 Å². The van der Waals surface area contributed by atoms with E-state index < -0.39 is 0 Å². The minimum absolute atomic E-state index is 0.133. The number of hydrogen-bond acceptors (Lipinski definition) is 5. The van der Waals surface area contributed by atoms with E-state index in [9.17, 15) is 4.79 Å². The molecule has 2 heterocycles. The van der Waals surface area contributed by atoms with Crippen LogP contribution in [0.5, 0.6) is 11.5 Å². The van der Waals surface area contributed by atoms with Gasteiger partial charge in [-0.1, -0.05) is 19.9 Å². The van der Waals surface area contributed by atoms with Crippen LogP contribution in [0, 0.1) is 5.92 Å². The summed E-state index contributed by atoms with van der Waals surface area (Å²) in [6.45, 7) is 11.4. The Morgan fingerprint density at radius 3 is 2.48 bits per heavy atom. The predicted octanol–water partition coefficient (Wildman–Crippen LogP) is 1.35. The van der Waals surface area contributed by atoms with E-state index in [1.807, 2.05) is 6.07 Å². The van der Waals surface area contributed by atoms with Gasteiger partial charge in [-0.3, -0.25) is 14.6 Å². The Morgan fingerprint density at radius 2 is 1.76 bits per heavy atom. The number of piperazine rings is 1. The molecule has 2 aliphatic rings. The third-order valence-electron chi connectivity index (χ3n) is 4.55. The minimum atomic E-state index is 0.133. The molecule has 0 atom stereocenters. The number of hydrogen-bond donors (Lipinski definition) is 1. The highest BCUT2D eigenvalue weighted by molar-refractivity contribution is 5.78. The Bertz CT molecular complexity index is 583. The van der Waals surface area contributed by atoms with Crippen LogP contribution in [-0.4, -0.2) is 68.2 Å². The smallest absolute Gasteiger partial charge is 0.234 e. The van der Waals surface area contributed by atoms with Crippen LogP contribution in [0.3, 0.4) is 0 Å². The molecule has 0 radical (unpaired) electrons. The summed E-state index contributed by atoms with van der Waals surface area (Å²) in [7, 11) is 0. The largest absolute Gasteiger partial charge is 0.486 e. The van der Waals surface area contributed by atoms with Crippen molar-refractivity contribution in [3.63, 3.8) is 0 Å². The molecule has 6 nitrogen and oxygen atoms in total. The standard InChI is InChI=1S/C19H29N3O3/c1-15(2)12-20-19(23)14-22-7-5-21(6-8-22)13-16-3-4-17-18(11-16)25-10-9-24-17/h3-4,11,15H,5-10,12-14H2,1-2H3,(H,20,23). The van der Waals surface area contributed by atoms with Gasteiger partial charge in [0.15, 0.2) is 11.5 Å². The third kappa shape index (κ3) is 5.34. The first kappa shape index (κ1) is 18.0. The molecular formula is C19H29N3O3. The van der Waals surface area contributed by atoms with Crippen LogP contribution >= 0.6 is 0 Å². The van der Waals surface area contributed by atoms with Gasteiger partial charge in [0.1, 0.15) is 13.2 Å². The average molecular weight is 347 g/mol. The fourth-order valence-electron chi connectivity index (χ4n) is 3.13. The monoisotopic (exact) mass is 347 g/mol. The molecule has 0 spiro atoms. The highest BCUT2D eigenvalue weighted by Gasteiger charge is 2.20. The Hall–Kier alpha value is -1.79. The second kappa shape index (κ2) is 8.54. The average Bonchev–Trinajstić information content (AvgIpc) is 2.61. The lowest BCUT2D eigenvalue weighted by Crippen LogP contribution is -2.49. The molecular weight excluding hydrogens is 318 g/mol. The molecule has 3 rings (SSSR count). The summed E-state index contributed by atoms with van der Waals surface area (Å²) in [6, 6.07) is 6.19. The van der Waals surface area contributed by atoms with E-state index in [-0.39, 0.29) is 5.91 Å². The van der Waals surface area contributed by atoms with Crippen LogP contribution in [-0.2, 0) is 11.3 Å². The van der Waals surface area contributed by atoms with E-state index in [2.05, 4.69) is 41.1 Å². The van der Waals surface area contributed by atoms with Crippen LogP contribution in [0.25, 0.3) is 0 Å². The van der Waals surface area contributed by atoms with Crippen molar-refractivity contribution in [3.05, 3.63) is 23.8 Å². The Morgan fingerprint density at radius 1 is 1.08 bits per heavy atom. The lowest BCUT2D eigenvalue weighted by atomic mass is 10.1. The van der Waals surface area contributed by atoms with Crippen molar-refractivity contribution in [1.82, 2.24) is 15.1 Å². The fourth-order valence-corrected chi connectivity index (χ4v) is 3.13. The third-order valence-corrected chi connectivity index (χ3v) is 4.55. The fraction of sp³-hybridized carbons (Fsp3) is 0.632. The van der Waals surface area contributed by atoms with Gasteiger partial charge in [-0.05, 0) is 23.6 Å². The first-order chi connectivity index (χ1) is 12.1. The summed E-state index contributed by atoms with van der Waals surface area (Å²) in [5.74, 6) is 2.32. The number of carbonyl (C=O) groups excluding carboxylic acids is 1. The maximum absolute atomic E-state index is 11.9. The van der Waals surface area contributed by atoms with Gasteiger partial charge in [-0.15, -0.1) is 0 Å². The number of carbonyl (C=O) groups is 1. The molecule has 0 saturated carbocycles. The zero-order valence-corrected chi connectivity index (χ0v) is 15.3. The minimum Gasteiger partial charge on any atom is -0.486 e. The molecule has 0 bridgehead atoms. The van der Waals surface area contributed by atoms with Crippen LogP contribution in [0.15, 0.2) is 18.2 Å². The lowest BCUT2D eigenvalue weighted by Gasteiger charge is -2.34. The number of benzene rings is 1. The summed E-state index contributed by atoms with van der Waals surface area (Å²) >= 11 is 0. The summed E-state index contributed by atoms with van der Waals surface area (Å²) < 4.78 is 11.2. The lowest BCUT2D eigenvalue weighted by molar-refractivity contribution is -0.122. The van der Waals surface area contributed by atoms with Gasteiger partial charge in [-0.2, -0.15) is 0 Å². The summed E-state index contributed by atoms with van der Waals surface area (Å²) in [6.07, 6.45) is 0. The molecule has 138 valence electrons. The highest BCUT2D eigenvalue weighted by atomic mass is 16.6. The molecule has 1 aromatic rings. The molecule has 0 unspecified atom stereocenters. The Labute approximate surface area is 150 Å². The number of rotatable bonds is 6. The summed E-state index contributed by atoms with van der Waals surface area (Å²) in [5, 5.41) is 2.99. The topological polar surface area (TPSA) is 54.0 Å². The van der Waals surface area contributed by atoms with Gasteiger partial charge in [0.2, 0.25) is 5.91 Å². The summed E-state index contributed by atoms with van der Waals surface area (Å²) in [4.78, 5) is 16.6. The number of ether oxygens (including phenoxy) is 2. The molecule has 1 N–H and O–H groups in total. The molecule has 2 aliphatic heterocycles. The van der Waals surface area contributed by atoms with Gasteiger partial charge in [0.25, 0.3) is 0 Å². The van der Waals surface area contributed by atoms with Gasteiger partial charge in [-0.25, -0.2) is 0 Å². The van der Waals surface area contributed by atoms with E-state index in [4.69, 9.17) is 9.47 Å². The number of fused-ring (bicyclic) bond motifs is 1. The molecule has 1 saturated heterocycles. The highest BCUT2D eigenvalue weighted by Crippen LogP contribution is 2.31. The molecule has 6 heteroatoms. The van der Waals surface area contributed by atoms with Gasteiger partial charge < -0.3 is 14.8 Å². The number of nitrogens with zero attached hydrogens (tertiary/aromatic N) is 2. The van der Waals surface area contributed by atoms with Crippen molar-refractivity contribution in [2.75, 3.05) is 52.5 Å².